The van der Waals surface area contributed by atoms with Gasteiger partial charge in [0.2, 0.25) is 5.91 Å². The third-order valence-corrected chi connectivity index (χ3v) is 4.55. The van der Waals surface area contributed by atoms with Gasteiger partial charge in [-0.3, -0.25) is 4.79 Å². The number of carbonyl (C=O) groups is 1. The van der Waals surface area contributed by atoms with E-state index in [2.05, 4.69) is 0 Å². The van der Waals surface area contributed by atoms with Crippen LogP contribution in [0.4, 0.5) is 13.2 Å². The van der Waals surface area contributed by atoms with Crippen molar-refractivity contribution in [3.8, 4) is 0 Å². The topological polar surface area (TPSA) is 20.3 Å². The summed E-state index contributed by atoms with van der Waals surface area (Å²) in [5.41, 5.74) is -0.117. The number of hydrogen-bond acceptors (Lipinski definition) is 2. The average molecular weight is 317 g/mol. The molecule has 1 unspecified atom stereocenters. The molecule has 1 heterocycles. The van der Waals surface area contributed by atoms with Gasteiger partial charge in [-0.05, 0) is 23.6 Å². The summed E-state index contributed by atoms with van der Waals surface area (Å²) in [5.74, 6) is 1.01. The molecule has 1 saturated heterocycles. The van der Waals surface area contributed by atoms with Crippen LogP contribution in [0.5, 0.6) is 0 Å². The summed E-state index contributed by atoms with van der Waals surface area (Å²) in [4.78, 5) is 13.9. The van der Waals surface area contributed by atoms with Crippen molar-refractivity contribution < 1.29 is 18.0 Å². The first-order valence-electron chi connectivity index (χ1n) is 6.87. The largest absolute Gasteiger partial charge is 0.416 e. The molecule has 0 saturated carbocycles. The monoisotopic (exact) mass is 317 g/mol. The van der Waals surface area contributed by atoms with Crippen molar-refractivity contribution in [1.29, 1.82) is 0 Å². The zero-order chi connectivity index (χ0) is 15.6. The van der Waals surface area contributed by atoms with Gasteiger partial charge in [0, 0.05) is 18.7 Å². The first-order chi connectivity index (χ1) is 9.79. The molecule has 116 valence electrons. The van der Waals surface area contributed by atoms with Crippen molar-refractivity contribution in [2.24, 2.45) is 5.92 Å². The Morgan fingerprint density at radius 2 is 2.14 bits per heavy atom. The highest BCUT2D eigenvalue weighted by Gasteiger charge is 2.34. The molecule has 0 aromatic heterocycles. The van der Waals surface area contributed by atoms with E-state index in [4.69, 9.17) is 0 Å². The molecular weight excluding hydrogens is 299 g/mol. The second kappa shape index (κ2) is 6.30. The Hall–Kier alpha value is -1.17. The van der Waals surface area contributed by atoms with Gasteiger partial charge >= 0.3 is 6.18 Å². The van der Waals surface area contributed by atoms with Crippen LogP contribution in [0.2, 0.25) is 0 Å². The molecule has 1 aromatic rings. The lowest BCUT2D eigenvalue weighted by molar-refractivity contribution is -0.137. The number of hydrogen-bond donors (Lipinski definition) is 0. The molecule has 1 aliphatic heterocycles. The minimum absolute atomic E-state index is 0.0115. The van der Waals surface area contributed by atoms with E-state index in [1.807, 2.05) is 13.8 Å². The molecule has 1 amide bonds. The Morgan fingerprint density at radius 3 is 2.76 bits per heavy atom. The van der Waals surface area contributed by atoms with E-state index < -0.39 is 11.7 Å². The van der Waals surface area contributed by atoms with Crippen LogP contribution in [0.25, 0.3) is 0 Å². The average Bonchev–Trinajstić information content (AvgIpc) is 2.86. The number of halogens is 3. The maximum absolute atomic E-state index is 12.8. The summed E-state index contributed by atoms with van der Waals surface area (Å²) in [7, 11) is 0. The predicted molar refractivity (Wildman–Crippen MR) is 77.8 cm³/mol. The zero-order valence-corrected chi connectivity index (χ0v) is 12.8. The normalized spacial score (nSPS) is 19.3. The fourth-order valence-electron chi connectivity index (χ4n) is 2.34. The molecular formula is C15H18F3NOS. The van der Waals surface area contributed by atoms with Gasteiger partial charge in [0.1, 0.15) is 5.37 Å². The number of alkyl halides is 3. The number of thioether (sulfide) groups is 1. The van der Waals surface area contributed by atoms with E-state index in [9.17, 15) is 18.0 Å². The number of amides is 1. The van der Waals surface area contributed by atoms with Crippen molar-refractivity contribution in [3.63, 3.8) is 0 Å². The molecule has 1 fully saturated rings. The first kappa shape index (κ1) is 16.2. The van der Waals surface area contributed by atoms with E-state index in [1.54, 1.807) is 11.0 Å². The highest BCUT2D eigenvalue weighted by atomic mass is 32.2. The zero-order valence-electron chi connectivity index (χ0n) is 12.0. The maximum atomic E-state index is 12.8. The molecule has 0 N–H and O–H groups in total. The van der Waals surface area contributed by atoms with Gasteiger partial charge < -0.3 is 4.90 Å². The van der Waals surface area contributed by atoms with E-state index in [0.717, 1.165) is 17.9 Å². The second-order valence-corrected chi connectivity index (χ2v) is 6.72. The summed E-state index contributed by atoms with van der Waals surface area (Å²) in [6.45, 7) is 4.51. The Balaban J connectivity index is 2.22. The van der Waals surface area contributed by atoms with Gasteiger partial charge in [0.25, 0.3) is 0 Å². The number of benzene rings is 1. The lowest BCUT2D eigenvalue weighted by Crippen LogP contribution is -2.31. The van der Waals surface area contributed by atoms with Crippen LogP contribution in [0.15, 0.2) is 24.3 Å². The van der Waals surface area contributed by atoms with Crippen LogP contribution in [-0.4, -0.2) is 23.1 Å². The third-order valence-electron chi connectivity index (χ3n) is 3.29. The highest BCUT2D eigenvalue weighted by Crippen LogP contribution is 2.40. The lowest BCUT2D eigenvalue weighted by Gasteiger charge is -2.25. The standard InChI is InChI=1S/C15H18F3NOS/c1-10(2)8-13(20)19-6-7-21-14(19)11-4-3-5-12(9-11)15(16,17)18/h3-5,9-10,14H,6-8H2,1-2H3. The summed E-state index contributed by atoms with van der Waals surface area (Å²) >= 11 is 1.52. The van der Waals surface area contributed by atoms with Crippen molar-refractivity contribution in [1.82, 2.24) is 4.90 Å². The Bertz CT molecular complexity index is 516. The number of carbonyl (C=O) groups excluding carboxylic acids is 1. The van der Waals surface area contributed by atoms with Crippen LogP contribution in [0.3, 0.4) is 0 Å². The van der Waals surface area contributed by atoms with Crippen LogP contribution >= 0.6 is 11.8 Å². The summed E-state index contributed by atoms with van der Waals surface area (Å²) < 4.78 is 38.4. The molecule has 1 aliphatic rings. The fraction of sp³-hybridized carbons (Fsp3) is 0.533. The van der Waals surface area contributed by atoms with E-state index in [1.165, 1.54) is 17.8 Å². The number of nitrogens with zero attached hydrogens (tertiary/aromatic N) is 1. The Morgan fingerprint density at radius 1 is 1.43 bits per heavy atom. The molecule has 6 heteroatoms. The summed E-state index contributed by atoms with van der Waals surface area (Å²) in [6, 6.07) is 5.28. The van der Waals surface area contributed by atoms with Crippen molar-refractivity contribution in [3.05, 3.63) is 35.4 Å². The molecule has 2 nitrogen and oxygen atoms in total. The Labute approximate surface area is 126 Å². The molecule has 0 aliphatic carbocycles. The van der Waals surface area contributed by atoms with Crippen molar-refractivity contribution in [2.75, 3.05) is 12.3 Å². The van der Waals surface area contributed by atoms with Crippen LogP contribution in [0.1, 0.15) is 36.8 Å². The molecule has 1 aromatic carbocycles. The van der Waals surface area contributed by atoms with Crippen LogP contribution in [0, 0.1) is 5.92 Å². The van der Waals surface area contributed by atoms with Gasteiger partial charge in [-0.1, -0.05) is 26.0 Å². The van der Waals surface area contributed by atoms with Crippen molar-refractivity contribution >= 4 is 17.7 Å². The number of rotatable bonds is 3. The van der Waals surface area contributed by atoms with Crippen LogP contribution in [-0.2, 0) is 11.0 Å². The summed E-state index contributed by atoms with van der Waals surface area (Å²) in [6.07, 6.45) is -3.93. The molecule has 21 heavy (non-hydrogen) atoms. The minimum atomic E-state index is -4.36. The highest BCUT2D eigenvalue weighted by molar-refractivity contribution is 7.99. The Kier molecular flexibility index (Phi) is 4.86. The fourth-order valence-corrected chi connectivity index (χ4v) is 3.60. The van der Waals surface area contributed by atoms with Gasteiger partial charge in [0.15, 0.2) is 0 Å². The molecule has 0 radical (unpaired) electrons. The molecule has 0 bridgehead atoms. The lowest BCUT2D eigenvalue weighted by atomic mass is 10.1. The van der Waals surface area contributed by atoms with Gasteiger partial charge in [-0.15, -0.1) is 11.8 Å². The summed E-state index contributed by atoms with van der Waals surface area (Å²) in [5, 5.41) is -0.307. The SMILES string of the molecule is CC(C)CC(=O)N1CCSC1c1cccc(C(F)(F)F)c1. The molecule has 0 spiro atoms. The van der Waals surface area contributed by atoms with Crippen molar-refractivity contribution in [2.45, 2.75) is 31.8 Å². The van der Waals surface area contributed by atoms with E-state index in [0.29, 0.717) is 18.5 Å². The molecule has 1 atom stereocenters. The third kappa shape index (κ3) is 3.93. The second-order valence-electron chi connectivity index (χ2n) is 5.53. The van der Waals surface area contributed by atoms with Crippen LogP contribution < -0.4 is 0 Å². The first-order valence-corrected chi connectivity index (χ1v) is 7.92. The predicted octanol–water partition coefficient (Wildman–Crippen LogP) is 4.33. The van der Waals surface area contributed by atoms with E-state index >= 15 is 0 Å². The van der Waals surface area contributed by atoms with Gasteiger partial charge in [-0.2, -0.15) is 13.2 Å². The van der Waals surface area contributed by atoms with E-state index in [-0.39, 0.29) is 17.2 Å². The van der Waals surface area contributed by atoms with Gasteiger partial charge in [0.05, 0.1) is 5.56 Å². The maximum Gasteiger partial charge on any atom is 0.416 e. The minimum Gasteiger partial charge on any atom is -0.326 e. The smallest absolute Gasteiger partial charge is 0.326 e. The molecule has 2 rings (SSSR count). The van der Waals surface area contributed by atoms with Gasteiger partial charge in [-0.25, -0.2) is 0 Å². The quantitative estimate of drug-likeness (QED) is 0.827.